The molecule has 5 heteroatoms. The van der Waals surface area contributed by atoms with Crippen molar-refractivity contribution >= 4 is 40.9 Å². The van der Waals surface area contributed by atoms with E-state index in [2.05, 4.69) is 229 Å². The van der Waals surface area contributed by atoms with Crippen LogP contribution in [0.3, 0.4) is 0 Å². The van der Waals surface area contributed by atoms with Crippen LogP contribution in [0, 0.1) is 66.7 Å². The molecule has 81 heavy (non-hydrogen) atoms. The zero-order valence-electron chi connectivity index (χ0n) is 53.8. The van der Waals surface area contributed by atoms with Crippen molar-refractivity contribution in [3.8, 4) is 6.07 Å². The highest BCUT2D eigenvalue weighted by Crippen LogP contribution is 2.26. The van der Waals surface area contributed by atoms with Crippen LogP contribution in [0.15, 0.2) is 133 Å². The first-order valence-electron chi connectivity index (χ1n) is 29.2. The largest absolute Gasteiger partial charge is 0.246 e. The molecule has 0 aliphatic heterocycles. The summed E-state index contributed by atoms with van der Waals surface area (Å²) in [6.07, 6.45) is 6.68. The maximum absolute atomic E-state index is 12.4. The number of nitrogens with zero attached hydrogens (tertiary/aromatic N) is 1. The quantitative estimate of drug-likeness (QED) is 0.134. The first-order chi connectivity index (χ1) is 37.9. The second-order valence-corrected chi connectivity index (χ2v) is 25.0. The lowest BCUT2D eigenvalue weighted by atomic mass is 9.98. The van der Waals surface area contributed by atoms with Crippen LogP contribution in [0.5, 0.6) is 0 Å². The second-order valence-electron chi connectivity index (χ2n) is 23.7. The first kappa shape index (κ1) is 73.6. The summed E-state index contributed by atoms with van der Waals surface area (Å²) in [5.41, 5.74) is 22.6. The third-order valence-electron chi connectivity index (χ3n) is 13.0. The Hall–Kier alpha value is -5.43. The number of hydrogen-bond donors (Lipinski definition) is 0. The minimum Gasteiger partial charge on any atom is -0.246 e. The van der Waals surface area contributed by atoms with E-state index in [1.54, 1.807) is 12.1 Å². The smallest absolute Gasteiger partial charge is 0.115 e. The van der Waals surface area contributed by atoms with Gasteiger partial charge in [0.2, 0.25) is 0 Å². The van der Waals surface area contributed by atoms with Crippen LogP contribution in [-0.2, 0) is 13.1 Å². The molecule has 0 aromatic heterocycles. The summed E-state index contributed by atoms with van der Waals surface area (Å²) in [6, 6.07) is 46.0. The normalized spacial score (nSPS) is 10.6. The van der Waals surface area contributed by atoms with E-state index in [1.807, 2.05) is 56.3 Å². The Kier molecular flexibility index (Phi) is 34.9. The lowest BCUT2D eigenvalue weighted by Gasteiger charge is -2.07. The average Bonchev–Trinajstić information content (AvgIpc) is 3.36. The molecule has 0 heterocycles. The molecule has 0 amide bonds. The monoisotopic (exact) mass is 1150 g/mol. The van der Waals surface area contributed by atoms with E-state index in [0.29, 0.717) is 56.7 Å². The number of benzene rings is 7. The maximum Gasteiger partial charge on any atom is 0.115 e. The molecule has 0 radical (unpaired) electrons. The third kappa shape index (κ3) is 31.0. The SMILES string of the molecule is C/C=C/c1cc(C)cc(C(C)C)c1.CC(C)c1cc(C#N)cc(CF)c1.CC(C)c1cc(Cl)cc(Cl)c1.CCCc1cc(C)cc(C)c1.Cc1cc(C)cc(C(C)C)c1.Cc1cc(C)cc(C(C)C)c1.Cc1cc(Cl)cc(C(C)C)c1. The van der Waals surface area contributed by atoms with E-state index in [1.165, 1.54) is 96.3 Å². The Morgan fingerprint density at radius 3 is 1.02 bits per heavy atom. The van der Waals surface area contributed by atoms with Crippen molar-refractivity contribution in [1.29, 1.82) is 5.26 Å². The summed E-state index contributed by atoms with van der Waals surface area (Å²) in [7, 11) is 0. The third-order valence-corrected chi connectivity index (χ3v) is 13.7. The molecule has 0 unspecified atom stereocenters. The number of rotatable bonds is 10. The topological polar surface area (TPSA) is 23.8 Å². The summed E-state index contributed by atoms with van der Waals surface area (Å²) in [4.78, 5) is 0. The van der Waals surface area contributed by atoms with Crippen LogP contribution in [-0.4, -0.2) is 0 Å². The van der Waals surface area contributed by atoms with Gasteiger partial charge in [0.1, 0.15) is 6.67 Å². The number of aryl methyl sites for hydroxylation is 9. The van der Waals surface area contributed by atoms with Gasteiger partial charge in [0.25, 0.3) is 0 Å². The zero-order valence-corrected chi connectivity index (χ0v) is 56.1. The molecule has 0 spiro atoms. The van der Waals surface area contributed by atoms with Gasteiger partial charge in [0.05, 0.1) is 11.6 Å². The second kappa shape index (κ2) is 38.4. The van der Waals surface area contributed by atoms with Crippen LogP contribution in [0.25, 0.3) is 6.08 Å². The molecule has 0 fully saturated rings. The molecule has 7 aromatic rings. The predicted octanol–water partition coefficient (Wildman–Crippen LogP) is 25.3. The summed E-state index contributed by atoms with van der Waals surface area (Å²) < 4.78 is 12.4. The molecule has 0 bridgehead atoms. The molecule has 0 saturated carbocycles. The highest BCUT2D eigenvalue weighted by molar-refractivity contribution is 6.34. The fraction of sp³-hybridized carbons (Fsp3) is 0.408. The van der Waals surface area contributed by atoms with E-state index in [0.717, 1.165) is 10.6 Å². The van der Waals surface area contributed by atoms with Gasteiger partial charge in [-0.15, -0.1) is 0 Å². The Labute approximate surface area is 509 Å². The molecule has 0 saturated heterocycles. The van der Waals surface area contributed by atoms with E-state index in [9.17, 15) is 4.39 Å². The number of allylic oxidation sites excluding steroid dienone is 1. The van der Waals surface area contributed by atoms with Crippen molar-refractivity contribution in [2.24, 2.45) is 0 Å². The first-order valence-corrected chi connectivity index (χ1v) is 30.3. The fourth-order valence-corrected chi connectivity index (χ4v) is 9.69. The molecule has 0 aliphatic carbocycles. The molecular weight excluding hydrogens is 1050 g/mol. The van der Waals surface area contributed by atoms with Gasteiger partial charge in [0, 0.05) is 15.1 Å². The summed E-state index contributed by atoms with van der Waals surface area (Å²) >= 11 is 17.5. The Morgan fingerprint density at radius 2 is 0.691 bits per heavy atom. The molecule has 0 aliphatic rings. The van der Waals surface area contributed by atoms with Crippen molar-refractivity contribution in [1.82, 2.24) is 0 Å². The highest BCUT2D eigenvalue weighted by atomic mass is 35.5. The number of alkyl halides is 1. The number of hydrogen-bond acceptors (Lipinski definition) is 1. The van der Waals surface area contributed by atoms with Gasteiger partial charge in [-0.05, 0) is 202 Å². The van der Waals surface area contributed by atoms with E-state index < -0.39 is 6.67 Å². The van der Waals surface area contributed by atoms with E-state index in [4.69, 9.17) is 40.1 Å². The lowest BCUT2D eigenvalue weighted by molar-refractivity contribution is 0.484. The Morgan fingerprint density at radius 1 is 0.383 bits per heavy atom. The minimum atomic E-state index is -0.505. The van der Waals surface area contributed by atoms with Crippen molar-refractivity contribution in [3.63, 3.8) is 0 Å². The minimum absolute atomic E-state index is 0.332. The van der Waals surface area contributed by atoms with Crippen LogP contribution in [0.1, 0.15) is 239 Å². The molecule has 438 valence electrons. The van der Waals surface area contributed by atoms with Gasteiger partial charge in [-0.25, -0.2) is 4.39 Å². The number of halogens is 4. The van der Waals surface area contributed by atoms with Gasteiger partial charge in [-0.1, -0.05) is 267 Å². The van der Waals surface area contributed by atoms with E-state index >= 15 is 0 Å². The van der Waals surface area contributed by atoms with Crippen molar-refractivity contribution in [3.05, 3.63) is 249 Å². The molecule has 7 aromatic carbocycles. The van der Waals surface area contributed by atoms with Crippen molar-refractivity contribution in [2.45, 2.75) is 207 Å². The van der Waals surface area contributed by atoms with Crippen LogP contribution in [0.2, 0.25) is 15.1 Å². The van der Waals surface area contributed by atoms with Crippen LogP contribution >= 0.6 is 34.8 Å². The van der Waals surface area contributed by atoms with Gasteiger partial charge in [0.15, 0.2) is 0 Å². The summed E-state index contributed by atoms with van der Waals surface area (Å²) in [5.74, 6) is 3.28. The summed E-state index contributed by atoms with van der Waals surface area (Å²) in [6.45, 7) is 46.9. The lowest BCUT2D eigenvalue weighted by Crippen LogP contribution is -1.91. The van der Waals surface area contributed by atoms with Gasteiger partial charge >= 0.3 is 0 Å². The van der Waals surface area contributed by atoms with Gasteiger partial charge in [-0.2, -0.15) is 5.26 Å². The van der Waals surface area contributed by atoms with Crippen LogP contribution < -0.4 is 0 Å². The van der Waals surface area contributed by atoms with Gasteiger partial charge in [-0.3, -0.25) is 0 Å². The molecule has 1 nitrogen and oxygen atoms in total. The standard InChI is InChI=1S/C13H18.C11H12FN.3C11H16.C10H13Cl.C9H10Cl2/c1-5-6-12-7-11(4)8-13(9-12)10(2)3;1-8(2)11-4-9(6-12)3-10(5-11)7-13;2*1-8(2)11-6-9(3)5-10(4)7-11;1-4-5-11-7-9(2)6-10(3)8-11;1-7(2)9-4-8(3)5-10(11)6-9;1-6(2)7-3-8(10)5-9(11)4-7/h5-10H,1-4H3;3-5,8H,6H2,1-2H3;2*5-8H,1-4H3;6-8H,4-5H2,1-3H3;4-7H,1-3H3;3-6H,1-2H3/b6-5+;;;;;;. The van der Waals surface area contributed by atoms with Crippen molar-refractivity contribution in [2.75, 3.05) is 0 Å². The van der Waals surface area contributed by atoms with Crippen LogP contribution in [0.4, 0.5) is 4.39 Å². The van der Waals surface area contributed by atoms with Crippen molar-refractivity contribution < 1.29 is 4.39 Å². The maximum atomic E-state index is 12.4. The van der Waals surface area contributed by atoms with Gasteiger partial charge < -0.3 is 0 Å². The van der Waals surface area contributed by atoms with E-state index in [-0.39, 0.29) is 0 Å². The molecular formula is C76H101Cl3FN. The Bertz CT molecular complexity index is 2710. The fourth-order valence-electron chi connectivity index (χ4n) is 8.85. The summed E-state index contributed by atoms with van der Waals surface area (Å²) in [5, 5.41) is 11.0. The Balaban J connectivity index is 0.000000473. The molecule has 0 N–H and O–H groups in total. The highest BCUT2D eigenvalue weighted by Gasteiger charge is 2.06. The number of nitriles is 1. The molecule has 0 atom stereocenters. The zero-order chi connectivity index (χ0) is 61.7. The predicted molar refractivity (Wildman–Crippen MR) is 361 cm³/mol. The average molecular weight is 1150 g/mol. The molecule has 7 rings (SSSR count).